The Morgan fingerprint density at radius 1 is 0.392 bits per heavy atom. The Morgan fingerprint density at radius 3 is 1.11 bits per heavy atom. The van der Waals surface area contributed by atoms with Crippen LogP contribution in [0.15, 0.2) is 24.3 Å². The Labute approximate surface area is 449 Å². The van der Waals surface area contributed by atoms with Crippen LogP contribution >= 0.6 is 0 Å². The topological polar surface area (TPSA) is 140 Å². The number of nitrogens with one attached hydrogen (secondary N) is 1. The molecule has 0 aliphatic rings. The molecule has 5 amide bonds. The summed E-state index contributed by atoms with van der Waals surface area (Å²) in [4.78, 5) is 95.7. The van der Waals surface area contributed by atoms with Gasteiger partial charge in [0.15, 0.2) is 0 Å². The summed E-state index contributed by atoms with van der Waals surface area (Å²) < 4.78 is 5.46. The van der Waals surface area contributed by atoms with Crippen LogP contribution in [0.3, 0.4) is 0 Å². The van der Waals surface area contributed by atoms with Crippen molar-refractivity contribution in [2.75, 3.05) is 79.5 Å². The van der Waals surface area contributed by atoms with E-state index in [1.165, 1.54) is 33.4 Å². The van der Waals surface area contributed by atoms with Crippen LogP contribution in [0.2, 0.25) is 0 Å². The molecule has 13 heteroatoms. The van der Waals surface area contributed by atoms with Crippen LogP contribution in [0, 0.1) is 0 Å². The van der Waals surface area contributed by atoms with E-state index in [0.29, 0.717) is 75.7 Å². The molecule has 1 N–H and O–H groups in total. The minimum absolute atomic E-state index is 0.0218. The maximum absolute atomic E-state index is 16.1. The number of carbonyl (C=O) groups excluding carboxylic acids is 6. The van der Waals surface area contributed by atoms with E-state index in [-0.39, 0.29) is 58.1 Å². The molecule has 0 aliphatic carbocycles. The summed E-state index contributed by atoms with van der Waals surface area (Å²) >= 11 is 0. The van der Waals surface area contributed by atoms with Crippen LogP contribution in [0.25, 0.3) is 0 Å². The number of ether oxygens (including phenoxy) is 1. The van der Waals surface area contributed by atoms with Crippen molar-refractivity contribution in [3.05, 3.63) is 46.5 Å². The lowest BCUT2D eigenvalue weighted by Gasteiger charge is -2.32. The number of nitrogens with zero attached hydrogens (tertiary/aromatic N) is 5. The Morgan fingerprint density at radius 2 is 0.730 bits per heavy atom. The van der Waals surface area contributed by atoms with Crippen LogP contribution in [0.1, 0.15) is 265 Å². The van der Waals surface area contributed by atoms with Crippen molar-refractivity contribution in [3.63, 3.8) is 0 Å². The minimum Gasteiger partial charge on any atom is -0.465 e. The van der Waals surface area contributed by atoms with E-state index in [9.17, 15) is 24.0 Å². The summed E-state index contributed by atoms with van der Waals surface area (Å²) in [5.41, 5.74) is 2.15. The monoisotopic (exact) mass is 1030 g/mol. The molecule has 13 nitrogen and oxygen atoms in total. The maximum Gasteiger partial charge on any atom is 0.340 e. The molecule has 0 heterocycles. The highest BCUT2D eigenvalue weighted by molar-refractivity contribution is 6.17. The number of hydrogen-bond donors (Lipinski definition) is 1. The number of benzene rings is 2. The Balaban J connectivity index is 3.19. The first-order valence-electron chi connectivity index (χ1n) is 29.4. The fourth-order valence-electron chi connectivity index (χ4n) is 9.79. The lowest BCUT2D eigenvalue weighted by molar-refractivity contribution is -0.117. The van der Waals surface area contributed by atoms with Gasteiger partial charge in [-0.15, -0.1) is 0 Å². The smallest absolute Gasteiger partial charge is 0.340 e. The van der Waals surface area contributed by atoms with Gasteiger partial charge in [-0.05, 0) is 77.6 Å². The quantitative estimate of drug-likeness (QED) is 0.0514. The third-order valence-corrected chi connectivity index (χ3v) is 14.4. The SMILES string of the molecule is CCCCCCCCNc1cc(N(CCCCCCCC)C(C)=O)c(C(=O)N(CC)CC)cc1C(=O)N(CCCCCCCC)c1cc(N(CCCCCCCC)C(C)=O)c(C(=O)N(CC)CC)cc1C(=O)OC. The third-order valence-electron chi connectivity index (χ3n) is 14.4. The van der Waals surface area contributed by atoms with E-state index in [4.69, 9.17) is 4.74 Å². The number of anilines is 4. The number of esters is 1. The van der Waals surface area contributed by atoms with Crippen LogP contribution < -0.4 is 20.0 Å². The van der Waals surface area contributed by atoms with Gasteiger partial charge in [-0.3, -0.25) is 24.0 Å². The zero-order valence-corrected chi connectivity index (χ0v) is 48.5. The van der Waals surface area contributed by atoms with Gasteiger partial charge in [-0.2, -0.15) is 0 Å². The zero-order chi connectivity index (χ0) is 54.8. The molecular weight excluding hydrogens is 929 g/mol. The van der Waals surface area contributed by atoms with Crippen molar-refractivity contribution >= 4 is 58.3 Å². The second kappa shape index (κ2) is 37.7. The fraction of sp³-hybridized carbons (Fsp3) is 0.705. The van der Waals surface area contributed by atoms with Gasteiger partial charge in [0.1, 0.15) is 0 Å². The van der Waals surface area contributed by atoms with Gasteiger partial charge in [0.25, 0.3) is 17.7 Å². The van der Waals surface area contributed by atoms with E-state index < -0.39 is 11.9 Å². The first-order chi connectivity index (χ1) is 35.8. The highest BCUT2D eigenvalue weighted by Gasteiger charge is 2.33. The van der Waals surface area contributed by atoms with Gasteiger partial charge in [0.2, 0.25) is 11.8 Å². The highest BCUT2D eigenvalue weighted by atomic mass is 16.5. The van der Waals surface area contributed by atoms with Crippen molar-refractivity contribution in [2.24, 2.45) is 0 Å². The first kappa shape index (κ1) is 65.2. The van der Waals surface area contributed by atoms with E-state index in [2.05, 4.69) is 33.0 Å². The average molecular weight is 1030 g/mol. The number of hydrogen-bond acceptors (Lipinski definition) is 8. The first-order valence-corrected chi connectivity index (χ1v) is 29.4. The number of carbonyl (C=O) groups is 6. The molecule has 0 spiro atoms. The van der Waals surface area contributed by atoms with Crippen molar-refractivity contribution in [2.45, 2.75) is 223 Å². The summed E-state index contributed by atoms with van der Waals surface area (Å²) in [7, 11) is 1.28. The van der Waals surface area contributed by atoms with Gasteiger partial charge in [-0.25, -0.2) is 4.79 Å². The molecule has 0 unspecified atom stereocenters. The predicted octanol–water partition coefficient (Wildman–Crippen LogP) is 14.6. The number of rotatable bonds is 40. The molecule has 0 saturated heterocycles. The molecule has 0 atom stereocenters. The van der Waals surface area contributed by atoms with Crippen molar-refractivity contribution in [3.8, 4) is 0 Å². The van der Waals surface area contributed by atoms with Crippen LogP contribution in [-0.4, -0.2) is 105 Å². The van der Waals surface area contributed by atoms with Crippen LogP contribution in [0.4, 0.5) is 22.7 Å². The largest absolute Gasteiger partial charge is 0.465 e. The predicted molar refractivity (Wildman–Crippen MR) is 308 cm³/mol. The molecule has 418 valence electrons. The van der Waals surface area contributed by atoms with E-state index >= 15 is 4.79 Å². The Hall–Kier alpha value is -4.94. The number of amides is 5. The van der Waals surface area contributed by atoms with Gasteiger partial charge in [0, 0.05) is 71.9 Å². The molecule has 0 bridgehead atoms. The second-order valence-corrected chi connectivity index (χ2v) is 20.0. The minimum atomic E-state index is -0.729. The summed E-state index contributed by atoms with van der Waals surface area (Å²) in [5, 5.41) is 3.61. The molecule has 0 saturated carbocycles. The molecule has 2 aromatic rings. The molecule has 2 rings (SSSR count). The Kier molecular flexibility index (Phi) is 33.2. The lowest BCUT2D eigenvalue weighted by atomic mass is 9.99. The van der Waals surface area contributed by atoms with E-state index in [0.717, 1.165) is 135 Å². The van der Waals surface area contributed by atoms with Crippen LogP contribution in [0.5, 0.6) is 0 Å². The van der Waals surface area contributed by atoms with Crippen molar-refractivity contribution in [1.29, 1.82) is 0 Å². The van der Waals surface area contributed by atoms with E-state index in [1.807, 2.05) is 33.8 Å². The molecule has 2 aromatic carbocycles. The highest BCUT2D eigenvalue weighted by Crippen LogP contribution is 2.37. The maximum atomic E-state index is 16.1. The number of unbranched alkanes of at least 4 members (excludes halogenated alkanes) is 20. The van der Waals surface area contributed by atoms with Gasteiger partial charge in [-0.1, -0.05) is 156 Å². The molecule has 0 radical (unpaired) electrons. The fourth-order valence-corrected chi connectivity index (χ4v) is 9.79. The summed E-state index contributed by atoms with van der Waals surface area (Å²) in [6, 6.07) is 6.66. The molecule has 0 aromatic heterocycles. The summed E-state index contributed by atoms with van der Waals surface area (Å²) in [6.07, 6.45) is 24.2. The lowest BCUT2D eigenvalue weighted by Crippen LogP contribution is -2.38. The molecule has 0 fully saturated rings. The molecule has 0 aliphatic heterocycles. The summed E-state index contributed by atoms with van der Waals surface area (Å²) in [6.45, 7) is 22.6. The van der Waals surface area contributed by atoms with Crippen molar-refractivity contribution in [1.82, 2.24) is 9.80 Å². The number of methoxy groups -OCH3 is 1. The van der Waals surface area contributed by atoms with E-state index in [1.54, 1.807) is 36.6 Å². The van der Waals surface area contributed by atoms with Crippen molar-refractivity contribution < 1.29 is 33.5 Å². The molecular formula is C61H102N6O7. The van der Waals surface area contributed by atoms with Gasteiger partial charge >= 0.3 is 5.97 Å². The molecule has 74 heavy (non-hydrogen) atoms. The standard InChI is InChI=1S/C61H102N6O7/c1-12-20-24-28-32-36-40-62-54-46-55(65(48(9)68)41-37-33-29-25-21-13-2)51(58(70)63(16-5)17-6)44-50(54)60(72)67(43-39-35-31-27-23-15-4)57-47-56(66(49(10)69)42-38-34-30-26-22-14-3)52(45-53(57)61(73)74-11)59(71)64(18-7)19-8/h44-47,62H,12-43H2,1-11H3. The van der Waals surface area contributed by atoms with Gasteiger partial charge < -0.3 is 34.6 Å². The van der Waals surface area contributed by atoms with Crippen LogP contribution in [-0.2, 0) is 14.3 Å². The van der Waals surface area contributed by atoms with Gasteiger partial charge in [0.05, 0.1) is 46.4 Å². The normalized spacial score (nSPS) is 11.1. The average Bonchev–Trinajstić information content (AvgIpc) is 3.39. The second-order valence-electron chi connectivity index (χ2n) is 20.0. The zero-order valence-electron chi connectivity index (χ0n) is 48.5. The third kappa shape index (κ3) is 21.0. The summed E-state index contributed by atoms with van der Waals surface area (Å²) in [5.74, 6) is -2.27. The Bertz CT molecular complexity index is 2000.